The maximum Gasteiger partial charge on any atom is 0.164 e. The number of likely N-dealkylation sites (tertiary alicyclic amines) is 1. The Kier molecular flexibility index (Phi) is 6.40. The molecule has 0 unspecified atom stereocenters. The van der Waals surface area contributed by atoms with Crippen molar-refractivity contribution in [3.05, 3.63) is 34.3 Å². The molecular weight excluding hydrogens is 328 g/mol. The number of carbonyl (C=O) groups is 1. The number of carbonyl (C=O) groups excluding carboxylic acids is 1. The average molecular weight is 353 g/mol. The molecule has 1 aliphatic rings. The minimum atomic E-state index is 0.236. The van der Waals surface area contributed by atoms with Gasteiger partial charge in [0.25, 0.3) is 0 Å². The Balaban J connectivity index is 1.77. The van der Waals surface area contributed by atoms with E-state index in [4.69, 9.17) is 0 Å². The molecule has 116 valence electrons. The lowest BCUT2D eigenvalue weighted by Gasteiger charge is -2.36. The fourth-order valence-corrected chi connectivity index (χ4v) is 3.18. The van der Waals surface area contributed by atoms with Crippen LogP contribution in [-0.2, 0) is 0 Å². The largest absolute Gasteiger partial charge is 0.303 e. The summed E-state index contributed by atoms with van der Waals surface area (Å²) >= 11 is 3.40. The first kappa shape index (κ1) is 16.7. The predicted molar refractivity (Wildman–Crippen MR) is 90.9 cm³/mol. The molecule has 1 saturated heterocycles. The van der Waals surface area contributed by atoms with Crippen molar-refractivity contribution >= 4 is 21.7 Å². The molecule has 4 heteroatoms. The van der Waals surface area contributed by atoms with Crippen molar-refractivity contribution in [1.82, 2.24) is 9.80 Å². The molecule has 0 bridgehead atoms. The van der Waals surface area contributed by atoms with E-state index in [1.165, 1.54) is 25.9 Å². The zero-order valence-corrected chi connectivity index (χ0v) is 14.6. The molecule has 0 aliphatic carbocycles. The Bertz CT molecular complexity index is 452. The highest BCUT2D eigenvalue weighted by Gasteiger charge is 2.21. The van der Waals surface area contributed by atoms with E-state index < -0.39 is 0 Å². The molecule has 0 saturated carbocycles. The number of ketones is 1. The van der Waals surface area contributed by atoms with E-state index in [1.807, 2.05) is 24.3 Å². The van der Waals surface area contributed by atoms with Gasteiger partial charge in [0.2, 0.25) is 0 Å². The number of nitrogens with zero attached hydrogens (tertiary/aromatic N) is 2. The zero-order chi connectivity index (χ0) is 15.2. The monoisotopic (exact) mass is 352 g/mol. The second kappa shape index (κ2) is 8.06. The highest BCUT2D eigenvalue weighted by molar-refractivity contribution is 9.10. The molecule has 0 aromatic heterocycles. The summed E-state index contributed by atoms with van der Waals surface area (Å²) in [5.41, 5.74) is 0.812. The van der Waals surface area contributed by atoms with Gasteiger partial charge in [0.1, 0.15) is 0 Å². The molecule has 21 heavy (non-hydrogen) atoms. The fraction of sp³-hybridized carbons (Fsp3) is 0.588. The molecule has 1 aromatic carbocycles. The van der Waals surface area contributed by atoms with Gasteiger partial charge < -0.3 is 9.80 Å². The summed E-state index contributed by atoms with van der Waals surface area (Å²) in [7, 11) is 2.15. The molecule has 0 amide bonds. The highest BCUT2D eigenvalue weighted by atomic mass is 79.9. The Morgan fingerprint density at radius 1 is 1.29 bits per heavy atom. The van der Waals surface area contributed by atoms with Crippen LogP contribution in [-0.4, -0.2) is 54.9 Å². The van der Waals surface area contributed by atoms with E-state index in [-0.39, 0.29) is 5.78 Å². The Labute approximate surface area is 136 Å². The van der Waals surface area contributed by atoms with Crippen LogP contribution < -0.4 is 0 Å². The number of rotatable bonds is 6. The van der Waals surface area contributed by atoms with Crippen molar-refractivity contribution in [1.29, 1.82) is 0 Å². The van der Waals surface area contributed by atoms with Gasteiger partial charge in [-0.25, -0.2) is 0 Å². The number of piperidine rings is 1. The second-order valence-electron chi connectivity index (χ2n) is 5.83. The van der Waals surface area contributed by atoms with Crippen LogP contribution >= 0.6 is 15.9 Å². The number of halogens is 1. The van der Waals surface area contributed by atoms with E-state index in [0.717, 1.165) is 23.1 Å². The van der Waals surface area contributed by atoms with Crippen molar-refractivity contribution in [3.63, 3.8) is 0 Å². The van der Waals surface area contributed by atoms with Gasteiger partial charge in [-0.15, -0.1) is 0 Å². The van der Waals surface area contributed by atoms with E-state index in [1.54, 1.807) is 0 Å². The first-order valence-corrected chi connectivity index (χ1v) is 8.60. The first-order chi connectivity index (χ1) is 10.1. The van der Waals surface area contributed by atoms with Gasteiger partial charge in [0, 0.05) is 29.0 Å². The smallest absolute Gasteiger partial charge is 0.164 e. The molecule has 2 rings (SSSR count). The minimum Gasteiger partial charge on any atom is -0.303 e. The number of benzene rings is 1. The molecular formula is C17H25BrN2O. The lowest BCUT2D eigenvalue weighted by molar-refractivity contribution is 0.0932. The average Bonchev–Trinajstić information content (AvgIpc) is 2.53. The fourth-order valence-electron chi connectivity index (χ4n) is 2.92. The van der Waals surface area contributed by atoms with Crippen molar-refractivity contribution in [2.75, 3.05) is 33.2 Å². The summed E-state index contributed by atoms with van der Waals surface area (Å²) in [6.45, 7) is 6.60. The Morgan fingerprint density at radius 2 is 1.90 bits per heavy atom. The van der Waals surface area contributed by atoms with E-state index in [9.17, 15) is 4.79 Å². The molecule has 0 atom stereocenters. The maximum atomic E-state index is 12.2. The van der Waals surface area contributed by atoms with Gasteiger partial charge in [0.05, 0.1) is 0 Å². The van der Waals surface area contributed by atoms with Crippen molar-refractivity contribution in [3.8, 4) is 0 Å². The van der Waals surface area contributed by atoms with Crippen LogP contribution in [0.4, 0.5) is 0 Å². The third kappa shape index (κ3) is 4.90. The summed E-state index contributed by atoms with van der Waals surface area (Å²) in [5, 5.41) is 0. The zero-order valence-electron chi connectivity index (χ0n) is 13.0. The number of Topliss-reactive ketones (excluding diaryl/α,β-unsaturated/α-hetero) is 1. The topological polar surface area (TPSA) is 23.6 Å². The molecule has 0 N–H and O–H groups in total. The molecule has 1 aromatic rings. The summed E-state index contributed by atoms with van der Waals surface area (Å²) in [6, 6.07) is 8.28. The standard InChI is InChI=1S/C17H25BrN2O/c1-3-20-12-8-16(9-13-20)19(2)11-10-17(21)14-4-6-15(18)7-5-14/h4-7,16H,3,8-13H2,1-2H3. The summed E-state index contributed by atoms with van der Waals surface area (Å²) in [5.74, 6) is 0.236. The normalized spacial score (nSPS) is 17.3. The summed E-state index contributed by atoms with van der Waals surface area (Å²) in [6.07, 6.45) is 3.04. The van der Waals surface area contributed by atoms with Crippen molar-refractivity contribution in [2.24, 2.45) is 0 Å². The molecule has 0 spiro atoms. The van der Waals surface area contributed by atoms with Gasteiger partial charge in [-0.05, 0) is 51.7 Å². The lowest BCUT2D eigenvalue weighted by Crippen LogP contribution is -2.43. The quantitative estimate of drug-likeness (QED) is 0.732. The number of hydrogen-bond acceptors (Lipinski definition) is 3. The van der Waals surface area contributed by atoms with Crippen LogP contribution in [0.25, 0.3) is 0 Å². The van der Waals surface area contributed by atoms with Crippen LogP contribution in [0.2, 0.25) is 0 Å². The minimum absolute atomic E-state index is 0.236. The van der Waals surface area contributed by atoms with Gasteiger partial charge in [0.15, 0.2) is 5.78 Å². The molecule has 3 nitrogen and oxygen atoms in total. The molecule has 0 radical (unpaired) electrons. The Morgan fingerprint density at radius 3 is 2.48 bits per heavy atom. The number of hydrogen-bond donors (Lipinski definition) is 0. The van der Waals surface area contributed by atoms with Crippen molar-refractivity contribution < 1.29 is 4.79 Å². The summed E-state index contributed by atoms with van der Waals surface area (Å²) < 4.78 is 1.01. The van der Waals surface area contributed by atoms with Crippen molar-refractivity contribution in [2.45, 2.75) is 32.2 Å². The molecule has 1 heterocycles. The van der Waals surface area contributed by atoms with Gasteiger partial charge >= 0.3 is 0 Å². The first-order valence-electron chi connectivity index (χ1n) is 7.81. The van der Waals surface area contributed by atoms with E-state index in [2.05, 4.69) is 39.7 Å². The third-order valence-corrected chi connectivity index (χ3v) is 5.01. The SMILES string of the molecule is CCN1CCC(N(C)CCC(=O)c2ccc(Br)cc2)CC1. The predicted octanol–water partition coefficient (Wildman–Crippen LogP) is 3.44. The van der Waals surface area contributed by atoms with Crippen LogP contribution in [0.1, 0.15) is 36.5 Å². The molecule has 1 aliphatic heterocycles. The van der Waals surface area contributed by atoms with Gasteiger partial charge in [-0.1, -0.05) is 35.0 Å². The van der Waals surface area contributed by atoms with Crippen LogP contribution in [0.3, 0.4) is 0 Å². The van der Waals surface area contributed by atoms with Crippen LogP contribution in [0.5, 0.6) is 0 Å². The maximum absolute atomic E-state index is 12.2. The van der Waals surface area contributed by atoms with Crippen LogP contribution in [0.15, 0.2) is 28.7 Å². The van der Waals surface area contributed by atoms with Gasteiger partial charge in [-0.3, -0.25) is 4.79 Å². The van der Waals surface area contributed by atoms with E-state index >= 15 is 0 Å². The highest BCUT2D eigenvalue weighted by Crippen LogP contribution is 2.16. The Hall–Kier alpha value is -0.710. The van der Waals surface area contributed by atoms with Gasteiger partial charge in [-0.2, -0.15) is 0 Å². The van der Waals surface area contributed by atoms with Crippen LogP contribution in [0, 0.1) is 0 Å². The lowest BCUT2D eigenvalue weighted by atomic mass is 10.0. The summed E-state index contributed by atoms with van der Waals surface area (Å²) in [4.78, 5) is 17.1. The second-order valence-corrected chi connectivity index (χ2v) is 6.74. The third-order valence-electron chi connectivity index (χ3n) is 4.49. The van der Waals surface area contributed by atoms with E-state index in [0.29, 0.717) is 12.5 Å². The molecule has 1 fully saturated rings.